The molecule has 0 spiro atoms. The third-order valence-corrected chi connectivity index (χ3v) is 5.93. The summed E-state index contributed by atoms with van der Waals surface area (Å²) < 4.78 is 21.7. The molecule has 0 amide bonds. The van der Waals surface area contributed by atoms with Crippen molar-refractivity contribution in [3.8, 4) is 5.75 Å². The van der Waals surface area contributed by atoms with Crippen LogP contribution in [0.2, 0.25) is 0 Å². The number of fused-ring (bicyclic) bond motifs is 2. The fourth-order valence-corrected chi connectivity index (χ4v) is 4.06. The number of hydrogen-bond donors (Lipinski definition) is 8. The molecule has 8 N–H and O–H groups in total. The Kier molecular flexibility index (Phi) is 7.71. The van der Waals surface area contributed by atoms with Gasteiger partial charge in [-0.05, 0) is 18.2 Å². The summed E-state index contributed by atoms with van der Waals surface area (Å²) in [4.78, 5) is 48.8. The van der Waals surface area contributed by atoms with Gasteiger partial charge in [0.2, 0.25) is 0 Å². The van der Waals surface area contributed by atoms with Crippen molar-refractivity contribution in [1.82, 2.24) is 9.97 Å². The number of phenolic OH excluding ortho intramolecular Hbond substituents is 1. The second-order valence-corrected chi connectivity index (χ2v) is 8.90. The first-order valence-electron chi connectivity index (χ1n) is 9.87. The zero-order valence-corrected chi connectivity index (χ0v) is 18.7. The number of nitrogens with zero attached hydrogens (tertiary/aromatic N) is 1. The highest BCUT2D eigenvalue weighted by atomic mass is 31.2. The number of phosphoric ester groups is 1. The molecule has 0 radical (unpaired) electrons. The molecule has 190 valence electrons. The molecule has 15 nitrogen and oxygen atoms in total. The number of carboxylic acids is 1. The average molecular weight is 515 g/mol. The molecule has 3 rings (SSSR count). The average Bonchev–Trinajstić information content (AvgIpc) is 2.77. The van der Waals surface area contributed by atoms with Crippen molar-refractivity contribution in [1.29, 1.82) is 0 Å². The minimum absolute atomic E-state index is 0.0212. The molecule has 2 aromatic heterocycles. The molecule has 1 aromatic carbocycles. The van der Waals surface area contributed by atoms with E-state index in [0.29, 0.717) is 5.39 Å². The van der Waals surface area contributed by atoms with E-state index in [1.807, 2.05) is 0 Å². The van der Waals surface area contributed by atoms with E-state index in [1.165, 1.54) is 28.8 Å². The minimum atomic E-state index is -4.98. The monoisotopic (exact) mass is 515 g/mol. The van der Waals surface area contributed by atoms with Gasteiger partial charge in [-0.2, -0.15) is 4.98 Å². The topological polar surface area (TPSA) is 244 Å². The Balaban J connectivity index is 1.87. The zero-order chi connectivity index (χ0) is 26.1. The van der Waals surface area contributed by atoms with Crippen LogP contribution in [0.15, 0.2) is 33.9 Å². The fraction of sp³-hybridized carbons (Fsp3) is 0.316. The molecule has 0 aliphatic carbocycles. The molecule has 5 atom stereocenters. The van der Waals surface area contributed by atoms with E-state index in [1.54, 1.807) is 0 Å². The van der Waals surface area contributed by atoms with Gasteiger partial charge in [0.05, 0.1) is 6.61 Å². The molecule has 16 heteroatoms. The molecule has 0 saturated heterocycles. The molecule has 0 bridgehead atoms. The standard InChI is InChI=1S/C19H21N3O12P/c1-8(18(28)29)34-35(31,32)33-7-14(25)15(26)13(24)6-22-12-5-10(23)3-2-9(12)4-11-16(22)20-19(30)21-17(11)27/h2-5,8,13-15,24-26H,1,6-7H2,(H4,20,21,23,27,28,29,30,31,32)/q-1/p+1/t8?,13-,14+,15-/m0/s1. The third kappa shape index (κ3) is 6.10. The maximum atomic E-state index is 12.3. The number of pyridine rings is 1. The third-order valence-electron chi connectivity index (χ3n) is 4.94. The van der Waals surface area contributed by atoms with Gasteiger partial charge in [-0.15, -0.1) is 0 Å². The Morgan fingerprint density at radius 3 is 2.49 bits per heavy atom. The number of carbonyl (C=O) groups is 1. The summed E-state index contributed by atoms with van der Waals surface area (Å²) in [5, 5.41) is 50.0. The van der Waals surface area contributed by atoms with Crippen LogP contribution in [0.4, 0.5) is 0 Å². The van der Waals surface area contributed by atoms with Crippen LogP contribution in [0.3, 0.4) is 0 Å². The molecule has 0 aliphatic heterocycles. The molecule has 0 saturated carbocycles. The molecule has 0 fully saturated rings. The number of aliphatic carboxylic acids is 1. The maximum Gasteiger partial charge on any atom is 0.470 e. The Morgan fingerprint density at radius 2 is 1.83 bits per heavy atom. The number of H-pyrrole nitrogens is 2. The van der Waals surface area contributed by atoms with Crippen molar-refractivity contribution in [2.45, 2.75) is 31.0 Å². The predicted octanol–water partition coefficient (Wildman–Crippen LogP) is -2.13. The van der Waals surface area contributed by atoms with Crippen molar-refractivity contribution in [2.75, 3.05) is 6.61 Å². The summed E-state index contributed by atoms with van der Waals surface area (Å²) in [5.41, 5.74) is -1.40. The van der Waals surface area contributed by atoms with Crippen molar-refractivity contribution in [3.05, 3.63) is 52.0 Å². The number of phosphoric acid groups is 1. The number of aliphatic hydroxyl groups excluding tert-OH is 3. The number of aliphatic hydroxyl groups is 3. The largest absolute Gasteiger partial charge is 0.508 e. The second kappa shape index (κ2) is 10.2. The summed E-state index contributed by atoms with van der Waals surface area (Å²) >= 11 is 0. The van der Waals surface area contributed by atoms with Gasteiger partial charge in [-0.25, -0.2) is 13.9 Å². The lowest BCUT2D eigenvalue weighted by atomic mass is 10.1. The van der Waals surface area contributed by atoms with Crippen LogP contribution in [0.1, 0.15) is 0 Å². The Bertz CT molecular complexity index is 1420. The molecule has 0 aliphatic rings. The van der Waals surface area contributed by atoms with E-state index < -0.39 is 62.6 Å². The smallest absolute Gasteiger partial charge is 0.470 e. The van der Waals surface area contributed by atoms with Crippen LogP contribution in [-0.2, 0) is 25.0 Å². The lowest BCUT2D eigenvalue weighted by molar-refractivity contribution is -0.656. The molecular weight excluding hydrogens is 493 g/mol. The molecule has 2 heterocycles. The van der Waals surface area contributed by atoms with Crippen LogP contribution < -0.4 is 15.8 Å². The van der Waals surface area contributed by atoms with E-state index in [-0.39, 0.29) is 22.3 Å². The van der Waals surface area contributed by atoms with Crippen molar-refractivity contribution in [2.24, 2.45) is 0 Å². The number of nitrogens with one attached hydrogen (secondary N) is 2. The zero-order valence-electron chi connectivity index (χ0n) is 17.8. The Hall–Kier alpha value is -3.17. The molecular formula is C19H22N3O12P. The van der Waals surface area contributed by atoms with Gasteiger partial charge in [0, 0.05) is 17.6 Å². The lowest BCUT2D eigenvalue weighted by Crippen LogP contribution is -2.50. The summed E-state index contributed by atoms with van der Waals surface area (Å²) in [7, 11) is -4.98. The normalized spacial score (nSPS) is 17.1. The van der Waals surface area contributed by atoms with E-state index >= 15 is 0 Å². The second-order valence-electron chi connectivity index (χ2n) is 7.49. The van der Waals surface area contributed by atoms with Crippen LogP contribution >= 0.6 is 7.82 Å². The maximum absolute atomic E-state index is 12.3. The number of carboxylic acid groups (broad SMARTS) is 1. The van der Waals surface area contributed by atoms with Crippen LogP contribution in [0, 0.1) is 6.92 Å². The number of aromatic amines is 2. The van der Waals surface area contributed by atoms with E-state index in [4.69, 9.17) is 5.11 Å². The van der Waals surface area contributed by atoms with Crippen LogP contribution in [-0.4, -0.2) is 77.4 Å². The summed E-state index contributed by atoms with van der Waals surface area (Å²) in [5.74, 6) is -1.83. The number of phenols is 1. The first-order valence-corrected chi connectivity index (χ1v) is 11.4. The fourth-order valence-electron chi connectivity index (χ4n) is 3.24. The summed E-state index contributed by atoms with van der Waals surface area (Å²) in [6.45, 7) is 1.40. The highest BCUT2D eigenvalue weighted by Gasteiger charge is 2.32. The molecule has 2 unspecified atom stereocenters. The molecule has 3 aromatic rings. The Morgan fingerprint density at radius 1 is 1.14 bits per heavy atom. The van der Waals surface area contributed by atoms with Crippen LogP contribution in [0.25, 0.3) is 21.9 Å². The highest BCUT2D eigenvalue weighted by molar-refractivity contribution is 7.47. The van der Waals surface area contributed by atoms with Gasteiger partial charge in [-0.1, -0.05) is 0 Å². The lowest BCUT2D eigenvalue weighted by Gasteiger charge is -2.24. The van der Waals surface area contributed by atoms with Gasteiger partial charge in [0.1, 0.15) is 41.5 Å². The van der Waals surface area contributed by atoms with Gasteiger partial charge < -0.3 is 41.9 Å². The first kappa shape index (κ1) is 26.4. The van der Waals surface area contributed by atoms with E-state index in [0.717, 1.165) is 0 Å². The SMILES string of the molecule is [CH2-]C(OP(=O)(O)OC[C@@H](O)[C@@H](O)[C@@H](O)C[n+]1c2cc(O)ccc2cc2c(=O)[nH]c(=O)[nH]c21)C(=O)O. The van der Waals surface area contributed by atoms with Crippen molar-refractivity contribution in [3.63, 3.8) is 0 Å². The molecule has 35 heavy (non-hydrogen) atoms. The van der Waals surface area contributed by atoms with E-state index in [2.05, 4.69) is 25.9 Å². The van der Waals surface area contributed by atoms with Gasteiger partial charge in [0.15, 0.2) is 0 Å². The van der Waals surface area contributed by atoms with E-state index in [9.17, 15) is 44.3 Å². The van der Waals surface area contributed by atoms with Crippen LogP contribution in [0.5, 0.6) is 5.75 Å². The number of benzene rings is 1. The van der Waals surface area contributed by atoms with Crippen molar-refractivity contribution >= 4 is 35.7 Å². The predicted molar refractivity (Wildman–Crippen MR) is 116 cm³/mol. The number of rotatable bonds is 10. The number of aromatic nitrogens is 3. The van der Waals surface area contributed by atoms with Gasteiger partial charge in [-0.3, -0.25) is 19.1 Å². The Labute approximate surface area is 195 Å². The number of aromatic hydroxyl groups is 1. The van der Waals surface area contributed by atoms with Crippen molar-refractivity contribution < 1.29 is 53.4 Å². The number of hydrogen-bond acceptors (Lipinski definition) is 10. The summed E-state index contributed by atoms with van der Waals surface area (Å²) in [6.07, 6.45) is -7.69. The van der Waals surface area contributed by atoms with Gasteiger partial charge >= 0.3 is 19.5 Å². The highest BCUT2D eigenvalue weighted by Crippen LogP contribution is 2.44. The summed E-state index contributed by atoms with van der Waals surface area (Å²) in [6, 6.07) is 5.54. The minimum Gasteiger partial charge on any atom is -0.508 e. The first-order chi connectivity index (χ1) is 16.3. The quantitative estimate of drug-likeness (QED) is 0.0624. The van der Waals surface area contributed by atoms with Gasteiger partial charge in [0.25, 0.3) is 11.2 Å².